The standard InChI is InChI=1S/C21H24FN7O/c1-28(17-9-13-3-2-4-16(25-13)20(17)22)19-11-24-21(27-26-19)15-6-5-14(10-18(15)30)29-8-7-23-12-29/h5-8,10-13,16-17,20,25,30H,2-4,9H2,1H3/t13-,16+,17-,20+/m1/s1. The van der Waals surface area contributed by atoms with Crippen LogP contribution in [-0.2, 0) is 0 Å². The summed E-state index contributed by atoms with van der Waals surface area (Å²) in [6.07, 6.45) is 9.55. The second-order valence-corrected chi connectivity index (χ2v) is 8.07. The Balaban J connectivity index is 1.35. The van der Waals surface area contributed by atoms with E-state index in [1.54, 1.807) is 41.6 Å². The van der Waals surface area contributed by atoms with Crippen molar-refractivity contribution in [2.75, 3.05) is 11.9 Å². The molecule has 30 heavy (non-hydrogen) atoms. The highest BCUT2D eigenvalue weighted by atomic mass is 19.1. The molecule has 0 unspecified atom stereocenters. The number of halogens is 1. The highest BCUT2D eigenvalue weighted by Gasteiger charge is 2.42. The van der Waals surface area contributed by atoms with Crippen molar-refractivity contribution in [2.45, 2.75) is 50.0 Å². The van der Waals surface area contributed by atoms with Crippen LogP contribution >= 0.6 is 0 Å². The fourth-order valence-corrected chi connectivity index (χ4v) is 4.56. The van der Waals surface area contributed by atoms with Crippen LogP contribution in [0.15, 0.2) is 43.1 Å². The van der Waals surface area contributed by atoms with Gasteiger partial charge in [-0.25, -0.2) is 14.4 Å². The van der Waals surface area contributed by atoms with Gasteiger partial charge in [0, 0.05) is 37.6 Å². The Morgan fingerprint density at radius 1 is 1.27 bits per heavy atom. The van der Waals surface area contributed by atoms with E-state index in [2.05, 4.69) is 25.5 Å². The molecule has 4 heterocycles. The summed E-state index contributed by atoms with van der Waals surface area (Å²) in [6.45, 7) is 0. The minimum atomic E-state index is -0.951. The number of phenols is 1. The summed E-state index contributed by atoms with van der Waals surface area (Å²) < 4.78 is 16.8. The molecule has 0 spiro atoms. The molecule has 2 N–H and O–H groups in total. The summed E-state index contributed by atoms with van der Waals surface area (Å²) >= 11 is 0. The Kier molecular flexibility index (Phi) is 4.82. The molecule has 2 bridgehead atoms. The minimum Gasteiger partial charge on any atom is -0.507 e. The van der Waals surface area contributed by atoms with Crippen LogP contribution in [0.1, 0.15) is 25.7 Å². The van der Waals surface area contributed by atoms with E-state index in [1.807, 2.05) is 18.0 Å². The van der Waals surface area contributed by atoms with E-state index < -0.39 is 6.17 Å². The molecule has 8 nitrogen and oxygen atoms in total. The Morgan fingerprint density at radius 3 is 2.90 bits per heavy atom. The van der Waals surface area contributed by atoms with Gasteiger partial charge in [0.1, 0.15) is 11.9 Å². The topological polar surface area (TPSA) is 92.0 Å². The molecular weight excluding hydrogens is 385 g/mol. The number of aromatic hydroxyl groups is 1. The number of hydrogen-bond acceptors (Lipinski definition) is 7. The maximum absolute atomic E-state index is 15.0. The van der Waals surface area contributed by atoms with Crippen LogP contribution in [0.2, 0.25) is 0 Å². The van der Waals surface area contributed by atoms with Crippen LogP contribution in [0.3, 0.4) is 0 Å². The molecule has 4 atom stereocenters. The maximum Gasteiger partial charge on any atom is 0.185 e. The predicted octanol–water partition coefficient (Wildman–Crippen LogP) is 2.49. The van der Waals surface area contributed by atoms with Crippen molar-refractivity contribution >= 4 is 5.82 Å². The first kappa shape index (κ1) is 18.9. The van der Waals surface area contributed by atoms with Crippen LogP contribution < -0.4 is 10.2 Å². The zero-order valence-corrected chi connectivity index (χ0v) is 16.7. The van der Waals surface area contributed by atoms with Gasteiger partial charge in [0.2, 0.25) is 0 Å². The van der Waals surface area contributed by atoms with Gasteiger partial charge in [-0.05, 0) is 31.4 Å². The lowest BCUT2D eigenvalue weighted by Gasteiger charge is -2.45. The van der Waals surface area contributed by atoms with Crippen LogP contribution in [0, 0.1) is 0 Å². The predicted molar refractivity (Wildman–Crippen MR) is 110 cm³/mol. The van der Waals surface area contributed by atoms with Crippen LogP contribution in [0.4, 0.5) is 10.2 Å². The Bertz CT molecular complexity index is 1010. The normalized spacial score (nSPS) is 25.8. The fraction of sp³-hybridized carbons (Fsp3) is 0.429. The molecule has 5 rings (SSSR count). The zero-order chi connectivity index (χ0) is 20.7. The lowest BCUT2D eigenvalue weighted by atomic mass is 9.82. The summed E-state index contributed by atoms with van der Waals surface area (Å²) in [5.41, 5.74) is 1.27. The number of rotatable bonds is 4. The molecule has 0 radical (unpaired) electrons. The van der Waals surface area contributed by atoms with Crippen LogP contribution in [-0.4, -0.2) is 61.2 Å². The number of aromatic nitrogens is 5. The Labute approximate surface area is 173 Å². The van der Waals surface area contributed by atoms with Gasteiger partial charge in [0.25, 0.3) is 0 Å². The monoisotopic (exact) mass is 409 g/mol. The van der Waals surface area contributed by atoms with E-state index in [1.165, 1.54) is 0 Å². The van der Waals surface area contributed by atoms with Gasteiger partial charge in [-0.3, -0.25) is 0 Å². The second kappa shape index (κ2) is 7.64. The van der Waals surface area contributed by atoms with E-state index >= 15 is 0 Å². The van der Waals surface area contributed by atoms with Crippen molar-refractivity contribution in [3.8, 4) is 22.8 Å². The lowest BCUT2D eigenvalue weighted by molar-refractivity contribution is 0.107. The number of fused-ring (bicyclic) bond motifs is 2. The molecule has 3 aromatic rings. The quantitative estimate of drug-likeness (QED) is 0.684. The molecule has 2 aromatic heterocycles. The highest BCUT2D eigenvalue weighted by Crippen LogP contribution is 2.32. The SMILES string of the molecule is CN(c1cnc(-c2ccc(-n3ccnc3)cc2O)nn1)[C@@H]1C[C@H]2CCC[C@H](N2)[C@@H]1F. The molecule has 0 amide bonds. The number of hydrogen-bond donors (Lipinski definition) is 2. The number of anilines is 1. The molecule has 2 aliphatic heterocycles. The van der Waals surface area contributed by atoms with E-state index in [9.17, 15) is 9.50 Å². The molecular formula is C21H24FN7O. The van der Waals surface area contributed by atoms with Gasteiger partial charge in [-0.15, -0.1) is 10.2 Å². The fourth-order valence-electron chi connectivity index (χ4n) is 4.56. The number of alkyl halides is 1. The van der Waals surface area contributed by atoms with Gasteiger partial charge in [0.15, 0.2) is 11.6 Å². The van der Waals surface area contributed by atoms with Gasteiger partial charge < -0.3 is 19.9 Å². The third kappa shape index (κ3) is 3.39. The molecule has 2 fully saturated rings. The third-order valence-corrected chi connectivity index (χ3v) is 6.23. The largest absolute Gasteiger partial charge is 0.507 e. The first-order chi connectivity index (χ1) is 14.6. The van der Waals surface area contributed by atoms with Crippen LogP contribution in [0.5, 0.6) is 5.75 Å². The highest BCUT2D eigenvalue weighted by molar-refractivity contribution is 5.66. The van der Waals surface area contributed by atoms with Crippen LogP contribution in [0.25, 0.3) is 17.1 Å². The van der Waals surface area contributed by atoms with Gasteiger partial charge in [0.05, 0.1) is 29.8 Å². The Morgan fingerprint density at radius 2 is 2.17 bits per heavy atom. The van der Waals surface area contributed by atoms with Crippen molar-refractivity contribution in [3.63, 3.8) is 0 Å². The van der Waals surface area contributed by atoms with Gasteiger partial charge in [-0.1, -0.05) is 6.42 Å². The van der Waals surface area contributed by atoms with E-state index in [4.69, 9.17) is 0 Å². The minimum absolute atomic E-state index is 0.0547. The molecule has 1 aromatic carbocycles. The van der Waals surface area contributed by atoms with Crippen molar-refractivity contribution in [1.29, 1.82) is 0 Å². The zero-order valence-electron chi connectivity index (χ0n) is 16.7. The average molecular weight is 409 g/mol. The summed E-state index contributed by atoms with van der Waals surface area (Å²) in [5.74, 6) is 0.904. The van der Waals surface area contributed by atoms with Crippen molar-refractivity contribution in [3.05, 3.63) is 43.1 Å². The molecule has 2 saturated heterocycles. The third-order valence-electron chi connectivity index (χ3n) is 6.23. The average Bonchev–Trinajstić information content (AvgIpc) is 3.31. The smallest absolute Gasteiger partial charge is 0.185 e. The summed E-state index contributed by atoms with van der Waals surface area (Å²) in [6, 6.07) is 5.25. The number of imidazole rings is 1. The van der Waals surface area contributed by atoms with Crippen molar-refractivity contribution in [1.82, 2.24) is 30.0 Å². The Hall–Kier alpha value is -3.07. The first-order valence-corrected chi connectivity index (χ1v) is 10.2. The number of nitrogens with one attached hydrogen (secondary N) is 1. The number of nitrogens with zero attached hydrogens (tertiary/aromatic N) is 6. The summed E-state index contributed by atoms with van der Waals surface area (Å²) in [4.78, 5) is 10.2. The van der Waals surface area contributed by atoms with Gasteiger partial charge in [-0.2, -0.15) is 0 Å². The lowest BCUT2D eigenvalue weighted by Crippen LogP contribution is -2.61. The summed E-state index contributed by atoms with van der Waals surface area (Å²) in [7, 11) is 1.85. The van der Waals surface area contributed by atoms with Crippen molar-refractivity contribution < 1.29 is 9.50 Å². The molecule has 156 valence electrons. The van der Waals surface area contributed by atoms with Crippen molar-refractivity contribution in [2.24, 2.45) is 0 Å². The first-order valence-electron chi connectivity index (χ1n) is 10.2. The van der Waals surface area contributed by atoms with E-state index in [0.717, 1.165) is 31.4 Å². The number of phenolic OH excluding ortho intramolecular Hbond substituents is 1. The van der Waals surface area contributed by atoms with E-state index in [0.29, 0.717) is 23.2 Å². The second-order valence-electron chi connectivity index (χ2n) is 8.07. The number of benzene rings is 1. The molecule has 9 heteroatoms. The van der Waals surface area contributed by atoms with E-state index in [-0.39, 0.29) is 17.8 Å². The maximum atomic E-state index is 15.0. The van der Waals surface area contributed by atoms with Gasteiger partial charge >= 0.3 is 0 Å². The molecule has 2 aliphatic rings. The molecule has 0 saturated carbocycles. The summed E-state index contributed by atoms with van der Waals surface area (Å²) in [5, 5.41) is 22.3. The number of piperidine rings is 2. The molecule has 0 aliphatic carbocycles.